The summed E-state index contributed by atoms with van der Waals surface area (Å²) in [6, 6.07) is 9.23. The molecular formula is C21H29N3O4S. The Kier molecular flexibility index (Phi) is 6.45. The number of sulfonamides is 1. The quantitative estimate of drug-likeness (QED) is 0.717. The van der Waals surface area contributed by atoms with Gasteiger partial charge in [0, 0.05) is 33.2 Å². The van der Waals surface area contributed by atoms with E-state index < -0.39 is 10.0 Å². The van der Waals surface area contributed by atoms with Gasteiger partial charge in [0.1, 0.15) is 11.5 Å². The topological polar surface area (TPSA) is 74.1 Å². The van der Waals surface area contributed by atoms with Gasteiger partial charge in [0.25, 0.3) is 0 Å². The minimum Gasteiger partial charge on any atom is -0.464 e. The van der Waals surface area contributed by atoms with Crippen molar-refractivity contribution in [2.75, 3.05) is 39.8 Å². The van der Waals surface area contributed by atoms with Gasteiger partial charge in [-0.1, -0.05) is 12.1 Å². The molecular weight excluding hydrogens is 390 g/mol. The number of piperazine rings is 1. The van der Waals surface area contributed by atoms with Gasteiger partial charge in [0.2, 0.25) is 15.9 Å². The highest BCUT2D eigenvalue weighted by molar-refractivity contribution is 7.89. The summed E-state index contributed by atoms with van der Waals surface area (Å²) in [5.74, 6) is 1.56. The standard InChI is InChI=1S/C21H29N3O4S/c1-16-5-6-17(2)20(13-16)29(26,27)24-11-9-23(10-12-24)15-21(25)22(4)14-19-8-7-18(3)28-19/h5-8,13H,9-12,14-15H2,1-4H3. The predicted octanol–water partition coefficient (Wildman–Crippen LogP) is 2.17. The Labute approximate surface area is 172 Å². The summed E-state index contributed by atoms with van der Waals surface area (Å²) in [7, 11) is -1.77. The van der Waals surface area contributed by atoms with Crippen LogP contribution in [-0.2, 0) is 21.4 Å². The van der Waals surface area contributed by atoms with Crippen molar-refractivity contribution in [2.45, 2.75) is 32.2 Å². The second-order valence-corrected chi connectivity index (χ2v) is 9.62. The van der Waals surface area contributed by atoms with Crippen LogP contribution in [0.1, 0.15) is 22.6 Å². The Hall–Kier alpha value is -2.16. The largest absolute Gasteiger partial charge is 0.464 e. The van der Waals surface area contributed by atoms with Crippen molar-refractivity contribution in [3.05, 3.63) is 53.0 Å². The molecule has 0 aliphatic carbocycles. The number of amides is 1. The van der Waals surface area contributed by atoms with Gasteiger partial charge in [-0.05, 0) is 50.1 Å². The van der Waals surface area contributed by atoms with E-state index in [1.807, 2.05) is 49.9 Å². The SMILES string of the molecule is Cc1ccc(C)c(S(=O)(=O)N2CCN(CC(=O)N(C)Cc3ccc(C)o3)CC2)c1. The molecule has 0 bridgehead atoms. The lowest BCUT2D eigenvalue weighted by molar-refractivity contribution is -0.132. The number of hydrogen-bond acceptors (Lipinski definition) is 5. The van der Waals surface area contributed by atoms with E-state index in [9.17, 15) is 13.2 Å². The van der Waals surface area contributed by atoms with Gasteiger partial charge in [-0.3, -0.25) is 9.69 Å². The maximum absolute atomic E-state index is 13.0. The number of rotatable bonds is 6. The Morgan fingerprint density at radius 1 is 1.07 bits per heavy atom. The molecule has 1 aromatic heterocycles. The van der Waals surface area contributed by atoms with E-state index in [1.165, 1.54) is 4.31 Å². The third kappa shape index (κ3) is 5.07. The monoisotopic (exact) mass is 419 g/mol. The zero-order valence-corrected chi connectivity index (χ0v) is 18.3. The van der Waals surface area contributed by atoms with E-state index in [-0.39, 0.29) is 12.5 Å². The van der Waals surface area contributed by atoms with Crippen LogP contribution in [-0.4, -0.2) is 68.2 Å². The normalized spacial score (nSPS) is 16.1. The van der Waals surface area contributed by atoms with Crippen LogP contribution < -0.4 is 0 Å². The van der Waals surface area contributed by atoms with E-state index in [1.54, 1.807) is 18.0 Å². The van der Waals surface area contributed by atoms with Crippen molar-refractivity contribution in [1.29, 1.82) is 0 Å². The fourth-order valence-corrected chi connectivity index (χ4v) is 5.19. The van der Waals surface area contributed by atoms with Gasteiger partial charge in [-0.15, -0.1) is 0 Å². The molecule has 0 radical (unpaired) electrons. The summed E-state index contributed by atoms with van der Waals surface area (Å²) in [5.41, 5.74) is 1.68. The number of likely N-dealkylation sites (N-methyl/N-ethyl adjacent to an activating group) is 1. The van der Waals surface area contributed by atoms with E-state index in [0.29, 0.717) is 37.6 Å². The third-order valence-electron chi connectivity index (χ3n) is 5.27. The lowest BCUT2D eigenvalue weighted by Crippen LogP contribution is -2.51. The molecule has 0 atom stereocenters. The molecule has 0 spiro atoms. The van der Waals surface area contributed by atoms with E-state index in [2.05, 4.69) is 0 Å². The molecule has 3 rings (SSSR count). The zero-order valence-electron chi connectivity index (χ0n) is 17.5. The van der Waals surface area contributed by atoms with E-state index in [4.69, 9.17) is 4.42 Å². The Bertz CT molecular complexity index is 976. The van der Waals surface area contributed by atoms with E-state index in [0.717, 1.165) is 22.6 Å². The minimum atomic E-state index is -3.52. The van der Waals surface area contributed by atoms with Crippen LogP contribution in [0, 0.1) is 20.8 Å². The first-order valence-corrected chi connectivity index (χ1v) is 11.2. The number of hydrogen-bond donors (Lipinski definition) is 0. The van der Waals surface area contributed by atoms with Gasteiger partial charge in [0.05, 0.1) is 18.0 Å². The number of nitrogens with zero attached hydrogens (tertiary/aromatic N) is 3. The maximum Gasteiger partial charge on any atom is 0.243 e. The molecule has 1 amide bonds. The molecule has 1 saturated heterocycles. The van der Waals surface area contributed by atoms with Crippen molar-refractivity contribution in [3.63, 3.8) is 0 Å². The summed E-state index contributed by atoms with van der Waals surface area (Å²) in [4.78, 5) is 16.5. The Morgan fingerprint density at radius 3 is 2.38 bits per heavy atom. The number of furan rings is 1. The average molecular weight is 420 g/mol. The van der Waals surface area contributed by atoms with Crippen molar-refractivity contribution < 1.29 is 17.6 Å². The Morgan fingerprint density at radius 2 is 1.76 bits per heavy atom. The molecule has 29 heavy (non-hydrogen) atoms. The van der Waals surface area contributed by atoms with E-state index >= 15 is 0 Å². The smallest absolute Gasteiger partial charge is 0.243 e. The van der Waals surface area contributed by atoms with Gasteiger partial charge in [-0.2, -0.15) is 4.31 Å². The number of benzene rings is 1. The van der Waals surface area contributed by atoms with Crippen LogP contribution in [0.2, 0.25) is 0 Å². The zero-order chi connectivity index (χ0) is 21.2. The van der Waals surface area contributed by atoms with Crippen molar-refractivity contribution in [2.24, 2.45) is 0 Å². The molecule has 8 heteroatoms. The molecule has 0 unspecified atom stereocenters. The van der Waals surface area contributed by atoms with Crippen LogP contribution >= 0.6 is 0 Å². The van der Waals surface area contributed by atoms with Crippen LogP contribution in [0.15, 0.2) is 39.6 Å². The van der Waals surface area contributed by atoms with Crippen LogP contribution in [0.3, 0.4) is 0 Å². The van der Waals surface area contributed by atoms with Crippen molar-refractivity contribution in [3.8, 4) is 0 Å². The second kappa shape index (κ2) is 8.69. The fourth-order valence-electron chi connectivity index (χ4n) is 3.46. The van der Waals surface area contributed by atoms with Crippen molar-refractivity contribution >= 4 is 15.9 Å². The minimum absolute atomic E-state index is 0.00936. The van der Waals surface area contributed by atoms with Gasteiger partial charge in [0.15, 0.2) is 0 Å². The van der Waals surface area contributed by atoms with Crippen LogP contribution in [0.5, 0.6) is 0 Å². The number of carbonyl (C=O) groups is 1. The van der Waals surface area contributed by atoms with Gasteiger partial charge in [-0.25, -0.2) is 8.42 Å². The molecule has 7 nitrogen and oxygen atoms in total. The highest BCUT2D eigenvalue weighted by Crippen LogP contribution is 2.22. The highest BCUT2D eigenvalue weighted by atomic mass is 32.2. The average Bonchev–Trinajstić information content (AvgIpc) is 3.08. The first kappa shape index (κ1) is 21.5. The van der Waals surface area contributed by atoms with Crippen LogP contribution in [0.25, 0.3) is 0 Å². The van der Waals surface area contributed by atoms with Crippen LogP contribution in [0.4, 0.5) is 0 Å². The fraction of sp³-hybridized carbons (Fsp3) is 0.476. The predicted molar refractivity (Wildman–Crippen MR) is 111 cm³/mol. The maximum atomic E-state index is 13.0. The lowest BCUT2D eigenvalue weighted by atomic mass is 10.2. The molecule has 1 fully saturated rings. The molecule has 158 valence electrons. The lowest BCUT2D eigenvalue weighted by Gasteiger charge is -2.34. The first-order valence-electron chi connectivity index (χ1n) is 9.76. The number of aryl methyl sites for hydroxylation is 3. The second-order valence-electron chi connectivity index (χ2n) is 7.71. The van der Waals surface area contributed by atoms with Crippen molar-refractivity contribution in [1.82, 2.24) is 14.1 Å². The summed E-state index contributed by atoms with van der Waals surface area (Å²) in [6.45, 7) is 8.10. The molecule has 1 aromatic carbocycles. The summed E-state index contributed by atoms with van der Waals surface area (Å²) in [5, 5.41) is 0. The highest BCUT2D eigenvalue weighted by Gasteiger charge is 2.30. The molecule has 2 heterocycles. The summed E-state index contributed by atoms with van der Waals surface area (Å²) < 4.78 is 33.1. The van der Waals surface area contributed by atoms with Gasteiger partial charge >= 0.3 is 0 Å². The summed E-state index contributed by atoms with van der Waals surface area (Å²) >= 11 is 0. The molecule has 0 N–H and O–H groups in total. The number of carbonyl (C=O) groups excluding carboxylic acids is 1. The third-order valence-corrected chi connectivity index (χ3v) is 7.31. The molecule has 0 saturated carbocycles. The molecule has 1 aliphatic rings. The molecule has 2 aromatic rings. The first-order chi connectivity index (χ1) is 13.7. The molecule has 1 aliphatic heterocycles. The Balaban J connectivity index is 1.56. The summed E-state index contributed by atoms with van der Waals surface area (Å²) in [6.07, 6.45) is 0. The van der Waals surface area contributed by atoms with Gasteiger partial charge < -0.3 is 9.32 Å².